The summed E-state index contributed by atoms with van der Waals surface area (Å²) in [6.07, 6.45) is 1.82. The number of hydrogen-bond acceptors (Lipinski definition) is 12. The van der Waals surface area contributed by atoms with E-state index in [-0.39, 0.29) is 5.88 Å². The molecule has 208 valence electrons. The molecule has 0 spiro atoms. The molecule has 0 saturated heterocycles. The molecule has 0 aliphatic heterocycles. The van der Waals surface area contributed by atoms with Crippen LogP contribution in [0, 0.1) is 13.8 Å². The van der Waals surface area contributed by atoms with Gasteiger partial charge >= 0.3 is 12.2 Å². The van der Waals surface area contributed by atoms with Gasteiger partial charge in [0.1, 0.15) is 22.4 Å². The number of aryl methyl sites for hydroxylation is 2. The molecular weight excluding hydrogens is 556 g/mol. The summed E-state index contributed by atoms with van der Waals surface area (Å²) in [5.74, 6) is 0.998. The van der Waals surface area contributed by atoms with Crippen LogP contribution in [0.4, 0.5) is 9.59 Å². The van der Waals surface area contributed by atoms with Gasteiger partial charge in [-0.25, -0.2) is 29.5 Å². The standard InChI is InChI=1S/C14H11N3O3S.C12H15N3O3S/c1-9-16-11-8-15-13(7-12(11)21-9)20-17-14(18)19-10-5-3-2-4-6-10;1-7-14-8-6-13-10(5-9(8)19-7)18-15-11(16)17-12(2,3)4/h2-8H,1H3,(H,17,18);5-6H,1-4H3,(H,15,16). The zero-order valence-electron chi connectivity index (χ0n) is 22.3. The van der Waals surface area contributed by atoms with E-state index in [4.69, 9.17) is 19.1 Å². The lowest BCUT2D eigenvalue weighted by molar-refractivity contribution is 0.0279. The van der Waals surface area contributed by atoms with Crippen molar-refractivity contribution in [3.8, 4) is 17.5 Å². The minimum Gasteiger partial charge on any atom is -0.442 e. The van der Waals surface area contributed by atoms with Crippen LogP contribution in [0.1, 0.15) is 30.8 Å². The molecule has 0 atom stereocenters. The number of nitrogens with one attached hydrogen (secondary N) is 2. The zero-order valence-corrected chi connectivity index (χ0v) is 23.9. The molecule has 12 nitrogen and oxygen atoms in total. The first-order valence-electron chi connectivity index (χ1n) is 11.9. The maximum Gasteiger partial charge on any atom is 0.446 e. The summed E-state index contributed by atoms with van der Waals surface area (Å²) in [5, 5.41) is 1.90. The molecular formula is C26H26N6O6S2. The van der Waals surface area contributed by atoms with Crippen LogP contribution in [0.25, 0.3) is 20.4 Å². The lowest BCUT2D eigenvalue weighted by Crippen LogP contribution is -2.34. The number of pyridine rings is 2. The minimum absolute atomic E-state index is 0.274. The van der Waals surface area contributed by atoms with Crippen molar-refractivity contribution in [1.82, 2.24) is 30.9 Å². The fourth-order valence-corrected chi connectivity index (χ4v) is 4.72. The number of hydrogen-bond donors (Lipinski definition) is 2. The van der Waals surface area contributed by atoms with Crippen molar-refractivity contribution in [1.29, 1.82) is 0 Å². The second-order valence-electron chi connectivity index (χ2n) is 9.06. The second-order valence-corrected chi connectivity index (χ2v) is 11.5. The number of hydroxylamine groups is 2. The predicted octanol–water partition coefficient (Wildman–Crippen LogP) is 5.90. The van der Waals surface area contributed by atoms with Crippen molar-refractivity contribution in [2.75, 3.05) is 0 Å². The quantitative estimate of drug-likeness (QED) is 0.240. The molecule has 0 saturated carbocycles. The van der Waals surface area contributed by atoms with E-state index in [1.807, 2.05) is 19.9 Å². The first-order chi connectivity index (χ1) is 19.0. The van der Waals surface area contributed by atoms with E-state index >= 15 is 0 Å². The fourth-order valence-electron chi connectivity index (χ4n) is 3.07. The highest BCUT2D eigenvalue weighted by Crippen LogP contribution is 2.24. The molecule has 0 aliphatic rings. The Labute approximate surface area is 237 Å². The number of fused-ring (bicyclic) bond motifs is 2. The summed E-state index contributed by atoms with van der Waals surface area (Å²) in [7, 11) is 0. The Hall–Kier alpha value is -4.56. The number of nitrogens with zero attached hydrogens (tertiary/aromatic N) is 4. The molecule has 2 N–H and O–H groups in total. The lowest BCUT2D eigenvalue weighted by Gasteiger charge is -2.19. The van der Waals surface area contributed by atoms with E-state index in [2.05, 4.69) is 30.9 Å². The number of ether oxygens (including phenoxy) is 2. The molecule has 5 aromatic rings. The third kappa shape index (κ3) is 8.47. The topological polar surface area (TPSA) is 147 Å². The van der Waals surface area contributed by atoms with E-state index in [9.17, 15) is 9.59 Å². The maximum absolute atomic E-state index is 11.6. The van der Waals surface area contributed by atoms with Crippen LogP contribution in [-0.4, -0.2) is 37.7 Å². The summed E-state index contributed by atoms with van der Waals surface area (Å²) < 4.78 is 11.9. The van der Waals surface area contributed by atoms with Gasteiger partial charge in [0.15, 0.2) is 0 Å². The summed E-state index contributed by atoms with van der Waals surface area (Å²) in [6, 6.07) is 12.1. The van der Waals surface area contributed by atoms with Crippen LogP contribution < -0.4 is 25.4 Å². The van der Waals surface area contributed by atoms with Crippen LogP contribution in [-0.2, 0) is 4.74 Å². The van der Waals surface area contributed by atoms with Gasteiger partial charge in [-0.1, -0.05) is 18.2 Å². The molecule has 4 aromatic heterocycles. The highest BCUT2D eigenvalue weighted by atomic mass is 32.1. The molecule has 0 aliphatic carbocycles. The SMILES string of the molecule is Cc1nc2cnc(ONC(=O)OC(C)(C)C)cc2s1.Cc1nc2cnc(ONC(=O)Oc3ccccc3)cc2s1. The smallest absolute Gasteiger partial charge is 0.442 e. The van der Waals surface area contributed by atoms with Gasteiger partial charge in [0, 0.05) is 12.1 Å². The van der Waals surface area contributed by atoms with Crippen molar-refractivity contribution in [2.24, 2.45) is 0 Å². The fraction of sp³-hybridized carbons (Fsp3) is 0.231. The molecule has 5 rings (SSSR count). The van der Waals surface area contributed by atoms with Gasteiger partial charge in [-0.05, 0) is 46.8 Å². The summed E-state index contributed by atoms with van der Waals surface area (Å²) in [4.78, 5) is 49.8. The maximum atomic E-state index is 11.6. The Morgan fingerprint density at radius 3 is 1.77 bits per heavy atom. The van der Waals surface area contributed by atoms with Gasteiger partial charge in [-0.15, -0.1) is 22.7 Å². The van der Waals surface area contributed by atoms with E-state index in [1.165, 1.54) is 22.7 Å². The van der Waals surface area contributed by atoms with Gasteiger partial charge in [0.2, 0.25) is 11.8 Å². The molecule has 14 heteroatoms. The second kappa shape index (κ2) is 12.5. The predicted molar refractivity (Wildman–Crippen MR) is 151 cm³/mol. The van der Waals surface area contributed by atoms with Crippen LogP contribution >= 0.6 is 22.7 Å². The van der Waals surface area contributed by atoms with Crippen molar-refractivity contribution in [2.45, 2.75) is 40.2 Å². The lowest BCUT2D eigenvalue weighted by atomic mass is 10.2. The molecule has 0 unspecified atom stereocenters. The minimum atomic E-state index is -0.719. The molecule has 0 radical (unpaired) electrons. The number of thiazole rings is 2. The number of carbonyl (C=O) groups excluding carboxylic acids is 2. The molecule has 0 fully saturated rings. The molecule has 40 heavy (non-hydrogen) atoms. The number of carbonyl (C=O) groups is 2. The van der Waals surface area contributed by atoms with Crippen LogP contribution in [0.5, 0.6) is 17.5 Å². The normalized spacial score (nSPS) is 10.8. The molecule has 2 amide bonds. The monoisotopic (exact) mass is 582 g/mol. The van der Waals surface area contributed by atoms with Gasteiger partial charge in [-0.2, -0.15) is 11.0 Å². The van der Waals surface area contributed by atoms with Crippen LogP contribution in [0.3, 0.4) is 0 Å². The highest BCUT2D eigenvalue weighted by molar-refractivity contribution is 7.18. The largest absolute Gasteiger partial charge is 0.446 e. The number of rotatable bonds is 5. The molecule has 1 aromatic carbocycles. The van der Waals surface area contributed by atoms with E-state index < -0.39 is 17.8 Å². The molecule has 0 bridgehead atoms. The number of benzene rings is 1. The Balaban J connectivity index is 0.000000186. The van der Waals surface area contributed by atoms with Crippen molar-refractivity contribution in [3.63, 3.8) is 0 Å². The van der Waals surface area contributed by atoms with Crippen LogP contribution in [0.15, 0.2) is 54.9 Å². The van der Waals surface area contributed by atoms with E-state index in [0.717, 1.165) is 30.4 Å². The molecule has 4 heterocycles. The Kier molecular flexibility index (Phi) is 8.91. The number of amides is 2. The van der Waals surface area contributed by atoms with E-state index in [0.29, 0.717) is 11.6 Å². The van der Waals surface area contributed by atoms with Crippen molar-refractivity contribution >= 4 is 55.3 Å². The zero-order chi connectivity index (χ0) is 28.7. The van der Waals surface area contributed by atoms with Gasteiger partial charge in [0.05, 0.1) is 31.8 Å². The Morgan fingerprint density at radius 1 is 0.775 bits per heavy atom. The van der Waals surface area contributed by atoms with Gasteiger partial charge in [0.25, 0.3) is 0 Å². The first kappa shape index (κ1) is 28.4. The number of aromatic nitrogens is 4. The van der Waals surface area contributed by atoms with Gasteiger partial charge in [-0.3, -0.25) is 0 Å². The third-order valence-corrected chi connectivity index (χ3v) is 6.41. The average molecular weight is 583 g/mol. The van der Waals surface area contributed by atoms with Crippen LogP contribution in [0.2, 0.25) is 0 Å². The Morgan fingerprint density at radius 2 is 1.27 bits per heavy atom. The highest BCUT2D eigenvalue weighted by Gasteiger charge is 2.16. The van der Waals surface area contributed by atoms with Crippen molar-refractivity contribution in [3.05, 3.63) is 64.9 Å². The third-order valence-electron chi connectivity index (χ3n) is 4.54. The van der Waals surface area contributed by atoms with Gasteiger partial charge < -0.3 is 19.1 Å². The van der Waals surface area contributed by atoms with Crippen molar-refractivity contribution < 1.29 is 28.7 Å². The Bertz CT molecular complexity index is 1620. The summed E-state index contributed by atoms with van der Waals surface area (Å²) >= 11 is 3.06. The average Bonchev–Trinajstić information content (AvgIpc) is 3.45. The van der Waals surface area contributed by atoms with E-state index in [1.54, 1.807) is 69.6 Å². The summed E-state index contributed by atoms with van der Waals surface area (Å²) in [5.41, 5.74) is 5.41. The number of para-hydroxylation sites is 1. The first-order valence-corrected chi connectivity index (χ1v) is 13.5. The summed E-state index contributed by atoms with van der Waals surface area (Å²) in [6.45, 7) is 9.16.